The summed E-state index contributed by atoms with van der Waals surface area (Å²) in [6.07, 6.45) is 0.485. The van der Waals surface area contributed by atoms with Crippen LogP contribution >= 0.6 is 12.4 Å². The van der Waals surface area contributed by atoms with Crippen LogP contribution in [0.4, 0.5) is 0 Å². The molecule has 0 spiro atoms. The lowest BCUT2D eigenvalue weighted by atomic mass is 10.1. The molecule has 2 heterocycles. The van der Waals surface area contributed by atoms with Crippen molar-refractivity contribution in [3.8, 4) is 11.5 Å². The van der Waals surface area contributed by atoms with E-state index in [-0.39, 0.29) is 24.9 Å². The average Bonchev–Trinajstić information content (AvgIpc) is 2.73. The van der Waals surface area contributed by atoms with Crippen molar-refractivity contribution in [2.24, 2.45) is 0 Å². The van der Waals surface area contributed by atoms with Crippen LogP contribution in [0.3, 0.4) is 0 Å². The summed E-state index contributed by atoms with van der Waals surface area (Å²) in [7, 11) is 0. The van der Waals surface area contributed by atoms with Gasteiger partial charge in [-0.1, -0.05) is 42.5 Å². The molecular formula is C22H27ClN2O3. The quantitative estimate of drug-likeness (QED) is 0.788. The summed E-state index contributed by atoms with van der Waals surface area (Å²) in [6.45, 7) is 5.80. The number of amides is 1. The summed E-state index contributed by atoms with van der Waals surface area (Å²) in [5, 5.41) is 0. The lowest BCUT2D eigenvalue weighted by Crippen LogP contribution is -2.55. The minimum absolute atomic E-state index is 0. The van der Waals surface area contributed by atoms with Crippen molar-refractivity contribution < 1.29 is 14.3 Å². The summed E-state index contributed by atoms with van der Waals surface area (Å²) in [6, 6.07) is 18.5. The number of para-hydroxylation sites is 2. The highest BCUT2D eigenvalue weighted by Gasteiger charge is 2.33. The van der Waals surface area contributed by atoms with Crippen LogP contribution in [0.25, 0.3) is 0 Å². The van der Waals surface area contributed by atoms with Gasteiger partial charge in [0.15, 0.2) is 11.5 Å². The number of rotatable bonds is 4. The van der Waals surface area contributed by atoms with E-state index in [1.807, 2.05) is 35.2 Å². The van der Waals surface area contributed by atoms with Gasteiger partial charge in [-0.2, -0.15) is 0 Å². The molecule has 150 valence electrons. The Morgan fingerprint density at radius 2 is 1.64 bits per heavy atom. The van der Waals surface area contributed by atoms with E-state index < -0.39 is 6.10 Å². The van der Waals surface area contributed by atoms with E-state index in [0.717, 1.165) is 32.6 Å². The van der Waals surface area contributed by atoms with E-state index in [9.17, 15) is 4.79 Å². The van der Waals surface area contributed by atoms with Crippen molar-refractivity contribution in [2.45, 2.75) is 25.5 Å². The molecule has 0 saturated carbocycles. The number of fused-ring (bicyclic) bond motifs is 1. The molecule has 1 saturated heterocycles. The normalized spacial score (nSPS) is 20.2. The van der Waals surface area contributed by atoms with Gasteiger partial charge >= 0.3 is 0 Å². The van der Waals surface area contributed by atoms with Crippen molar-refractivity contribution in [2.75, 3.05) is 32.8 Å². The van der Waals surface area contributed by atoms with Crippen molar-refractivity contribution in [1.82, 2.24) is 9.80 Å². The van der Waals surface area contributed by atoms with Crippen molar-refractivity contribution in [1.29, 1.82) is 0 Å². The van der Waals surface area contributed by atoms with Crippen LogP contribution < -0.4 is 9.47 Å². The van der Waals surface area contributed by atoms with Crippen molar-refractivity contribution in [3.63, 3.8) is 0 Å². The second-order valence-corrected chi connectivity index (χ2v) is 7.26. The lowest BCUT2D eigenvalue weighted by molar-refractivity contribution is -0.143. The van der Waals surface area contributed by atoms with E-state index in [2.05, 4.69) is 36.1 Å². The first-order chi connectivity index (χ1) is 13.2. The Labute approximate surface area is 172 Å². The predicted molar refractivity (Wildman–Crippen MR) is 111 cm³/mol. The molecular weight excluding hydrogens is 376 g/mol. The summed E-state index contributed by atoms with van der Waals surface area (Å²) >= 11 is 0. The maximum Gasteiger partial charge on any atom is 0.267 e. The van der Waals surface area contributed by atoms with Crippen LogP contribution in [0.5, 0.6) is 11.5 Å². The van der Waals surface area contributed by atoms with Gasteiger partial charge in [0.2, 0.25) is 6.10 Å². The highest BCUT2D eigenvalue weighted by Crippen LogP contribution is 2.31. The maximum atomic E-state index is 12.8. The zero-order valence-corrected chi connectivity index (χ0v) is 16.9. The fourth-order valence-corrected chi connectivity index (χ4v) is 3.81. The first kappa shape index (κ1) is 20.5. The minimum Gasteiger partial charge on any atom is -0.485 e. The zero-order chi connectivity index (χ0) is 18.6. The van der Waals surface area contributed by atoms with Gasteiger partial charge in [0, 0.05) is 32.2 Å². The van der Waals surface area contributed by atoms with Gasteiger partial charge in [-0.25, -0.2) is 0 Å². The summed E-state index contributed by atoms with van der Waals surface area (Å²) in [5.74, 6) is 1.39. The van der Waals surface area contributed by atoms with Gasteiger partial charge in [0.25, 0.3) is 5.91 Å². The number of carbonyl (C=O) groups is 1. The van der Waals surface area contributed by atoms with Crippen LogP contribution in [0.2, 0.25) is 0 Å². The molecule has 2 aliphatic heterocycles. The standard InChI is InChI=1S/C22H26N2O3.ClH/c1-17(15-18-7-3-2-4-8-18)23-11-13-24(14-12-23)22(25)21-16-26-19-9-5-6-10-20(19)27-21;/h2-10,17,21H,11-16H2,1H3;1H. The number of hydrogen-bond acceptors (Lipinski definition) is 4. The third-order valence-electron chi connectivity index (χ3n) is 5.41. The van der Waals surface area contributed by atoms with Gasteiger partial charge in [0.1, 0.15) is 6.61 Å². The highest BCUT2D eigenvalue weighted by atomic mass is 35.5. The van der Waals surface area contributed by atoms with Crippen LogP contribution in [-0.2, 0) is 11.2 Å². The van der Waals surface area contributed by atoms with Crippen molar-refractivity contribution >= 4 is 18.3 Å². The molecule has 6 heteroatoms. The molecule has 2 aromatic carbocycles. The smallest absolute Gasteiger partial charge is 0.267 e. The molecule has 5 nitrogen and oxygen atoms in total. The van der Waals surface area contributed by atoms with E-state index in [0.29, 0.717) is 17.5 Å². The largest absolute Gasteiger partial charge is 0.485 e. The molecule has 2 unspecified atom stereocenters. The van der Waals surface area contributed by atoms with Gasteiger partial charge in [0.05, 0.1) is 0 Å². The number of halogens is 1. The number of nitrogens with zero attached hydrogens (tertiary/aromatic N) is 2. The first-order valence-electron chi connectivity index (χ1n) is 9.66. The van der Waals surface area contributed by atoms with Crippen LogP contribution in [0.1, 0.15) is 12.5 Å². The Morgan fingerprint density at radius 1 is 1.00 bits per heavy atom. The molecule has 1 fully saturated rings. The second kappa shape index (κ2) is 9.30. The Balaban J connectivity index is 0.00000225. The molecule has 4 rings (SSSR count). The molecule has 1 amide bonds. The molecule has 2 aliphatic rings. The fraction of sp³-hybridized carbons (Fsp3) is 0.409. The fourth-order valence-electron chi connectivity index (χ4n) is 3.81. The predicted octanol–water partition coefficient (Wildman–Crippen LogP) is 3.02. The molecule has 0 N–H and O–H groups in total. The van der Waals surface area contributed by atoms with Gasteiger partial charge in [-0.3, -0.25) is 9.69 Å². The van der Waals surface area contributed by atoms with Crippen LogP contribution in [0.15, 0.2) is 54.6 Å². The Hall–Kier alpha value is -2.24. The molecule has 28 heavy (non-hydrogen) atoms. The summed E-state index contributed by atoms with van der Waals surface area (Å²) in [5.41, 5.74) is 1.36. The van der Waals surface area contributed by atoms with E-state index in [1.54, 1.807) is 0 Å². The molecule has 2 atom stereocenters. The monoisotopic (exact) mass is 402 g/mol. The summed E-state index contributed by atoms with van der Waals surface area (Å²) < 4.78 is 11.6. The van der Waals surface area contributed by atoms with Gasteiger partial charge in [-0.05, 0) is 31.0 Å². The number of ether oxygens (including phenoxy) is 2. The maximum absolute atomic E-state index is 12.8. The Kier molecular flexibility index (Phi) is 6.81. The molecule has 0 aromatic heterocycles. The first-order valence-corrected chi connectivity index (χ1v) is 9.66. The van der Waals surface area contributed by atoms with Gasteiger partial charge in [-0.15, -0.1) is 12.4 Å². The molecule has 0 radical (unpaired) electrons. The number of hydrogen-bond donors (Lipinski definition) is 0. The minimum atomic E-state index is -0.548. The second-order valence-electron chi connectivity index (χ2n) is 7.26. The number of benzene rings is 2. The average molecular weight is 403 g/mol. The topological polar surface area (TPSA) is 42.0 Å². The number of piperazine rings is 1. The highest BCUT2D eigenvalue weighted by molar-refractivity contribution is 5.85. The molecule has 0 bridgehead atoms. The zero-order valence-electron chi connectivity index (χ0n) is 16.1. The Morgan fingerprint density at radius 3 is 2.36 bits per heavy atom. The third kappa shape index (κ3) is 4.59. The van der Waals surface area contributed by atoms with E-state index in [1.165, 1.54) is 5.56 Å². The Bertz CT molecular complexity index is 778. The lowest BCUT2D eigenvalue weighted by Gasteiger charge is -2.39. The van der Waals surface area contributed by atoms with Gasteiger partial charge < -0.3 is 14.4 Å². The molecule has 0 aliphatic carbocycles. The van der Waals surface area contributed by atoms with E-state index >= 15 is 0 Å². The van der Waals surface area contributed by atoms with Crippen molar-refractivity contribution in [3.05, 3.63) is 60.2 Å². The third-order valence-corrected chi connectivity index (χ3v) is 5.41. The van der Waals surface area contributed by atoms with Crippen LogP contribution in [-0.4, -0.2) is 60.6 Å². The SMILES string of the molecule is CC(Cc1ccccc1)N1CCN(C(=O)C2COc3ccccc3O2)CC1.Cl. The number of carbonyl (C=O) groups excluding carboxylic acids is 1. The summed E-state index contributed by atoms with van der Waals surface area (Å²) in [4.78, 5) is 17.2. The van der Waals surface area contributed by atoms with Crippen LogP contribution in [0, 0.1) is 0 Å². The van der Waals surface area contributed by atoms with E-state index in [4.69, 9.17) is 9.47 Å². The molecule has 2 aromatic rings.